The standard InChI is InChI=1S/C16H22N2O/c1-5-18(12-13(2)11-17)15(19)16(3,4)14-9-7-6-8-10-14/h6-10,13H,5,12H2,1-4H3. The van der Waals surface area contributed by atoms with Crippen LogP contribution in [0.15, 0.2) is 30.3 Å². The summed E-state index contributed by atoms with van der Waals surface area (Å²) in [6, 6.07) is 12.0. The summed E-state index contributed by atoms with van der Waals surface area (Å²) < 4.78 is 0. The molecule has 1 amide bonds. The van der Waals surface area contributed by atoms with E-state index in [9.17, 15) is 4.79 Å². The third-order valence-electron chi connectivity index (χ3n) is 3.41. The van der Waals surface area contributed by atoms with Crippen LogP contribution in [0.4, 0.5) is 0 Å². The van der Waals surface area contributed by atoms with Gasteiger partial charge in [-0.05, 0) is 33.3 Å². The van der Waals surface area contributed by atoms with Gasteiger partial charge in [0.2, 0.25) is 5.91 Å². The van der Waals surface area contributed by atoms with Crippen LogP contribution in [0.3, 0.4) is 0 Å². The molecule has 1 aromatic carbocycles. The first-order chi connectivity index (χ1) is 8.93. The highest BCUT2D eigenvalue weighted by molar-refractivity contribution is 5.87. The molecule has 0 radical (unpaired) electrons. The molecule has 0 aliphatic carbocycles. The Morgan fingerprint density at radius 1 is 1.37 bits per heavy atom. The Morgan fingerprint density at radius 3 is 2.42 bits per heavy atom. The van der Waals surface area contributed by atoms with Crippen molar-refractivity contribution in [1.29, 1.82) is 5.26 Å². The van der Waals surface area contributed by atoms with Crippen molar-refractivity contribution in [2.45, 2.75) is 33.1 Å². The predicted molar refractivity (Wildman–Crippen MR) is 76.5 cm³/mol. The third-order valence-corrected chi connectivity index (χ3v) is 3.41. The van der Waals surface area contributed by atoms with E-state index in [2.05, 4.69) is 6.07 Å². The van der Waals surface area contributed by atoms with Crippen LogP contribution in [0.1, 0.15) is 33.3 Å². The molecule has 102 valence electrons. The zero-order valence-electron chi connectivity index (χ0n) is 12.2. The second kappa shape index (κ2) is 6.38. The summed E-state index contributed by atoms with van der Waals surface area (Å²) in [5.41, 5.74) is 0.440. The van der Waals surface area contributed by atoms with Crippen molar-refractivity contribution in [3.8, 4) is 6.07 Å². The van der Waals surface area contributed by atoms with Gasteiger partial charge in [0.05, 0.1) is 17.4 Å². The number of carbonyl (C=O) groups is 1. The maximum Gasteiger partial charge on any atom is 0.232 e. The number of rotatable bonds is 5. The van der Waals surface area contributed by atoms with Gasteiger partial charge in [0.1, 0.15) is 0 Å². The average molecular weight is 258 g/mol. The second-order valence-corrected chi connectivity index (χ2v) is 5.36. The largest absolute Gasteiger partial charge is 0.341 e. The van der Waals surface area contributed by atoms with Gasteiger partial charge < -0.3 is 4.90 Å². The summed E-state index contributed by atoms with van der Waals surface area (Å²) in [6.45, 7) is 8.77. The van der Waals surface area contributed by atoms with Crippen LogP contribution in [-0.2, 0) is 10.2 Å². The van der Waals surface area contributed by atoms with Crippen molar-refractivity contribution in [1.82, 2.24) is 4.90 Å². The third kappa shape index (κ3) is 3.57. The first-order valence-corrected chi connectivity index (χ1v) is 6.68. The molecule has 3 heteroatoms. The van der Waals surface area contributed by atoms with Gasteiger partial charge in [-0.2, -0.15) is 5.26 Å². The molecular weight excluding hydrogens is 236 g/mol. The van der Waals surface area contributed by atoms with Crippen molar-refractivity contribution >= 4 is 5.91 Å². The van der Waals surface area contributed by atoms with Gasteiger partial charge in [0, 0.05) is 13.1 Å². The Morgan fingerprint density at radius 2 is 1.95 bits per heavy atom. The molecule has 0 aromatic heterocycles. The van der Waals surface area contributed by atoms with E-state index in [4.69, 9.17) is 5.26 Å². The first kappa shape index (κ1) is 15.2. The topological polar surface area (TPSA) is 44.1 Å². The number of hydrogen-bond acceptors (Lipinski definition) is 2. The SMILES string of the molecule is CCN(CC(C)C#N)C(=O)C(C)(C)c1ccccc1. The van der Waals surface area contributed by atoms with E-state index in [-0.39, 0.29) is 11.8 Å². The molecule has 1 atom stereocenters. The van der Waals surface area contributed by atoms with E-state index in [1.807, 2.05) is 58.0 Å². The van der Waals surface area contributed by atoms with Gasteiger partial charge in [0.25, 0.3) is 0 Å². The Hall–Kier alpha value is -1.82. The number of nitrogens with zero attached hydrogens (tertiary/aromatic N) is 2. The highest BCUT2D eigenvalue weighted by atomic mass is 16.2. The molecule has 0 fully saturated rings. The van der Waals surface area contributed by atoms with E-state index in [0.29, 0.717) is 13.1 Å². The normalized spacial score (nSPS) is 12.6. The van der Waals surface area contributed by atoms with Gasteiger partial charge >= 0.3 is 0 Å². The Bertz CT molecular complexity index is 459. The van der Waals surface area contributed by atoms with Gasteiger partial charge in [-0.25, -0.2) is 0 Å². The highest BCUT2D eigenvalue weighted by Gasteiger charge is 2.33. The van der Waals surface area contributed by atoms with E-state index >= 15 is 0 Å². The Labute approximate surface area is 115 Å². The zero-order chi connectivity index (χ0) is 14.5. The second-order valence-electron chi connectivity index (χ2n) is 5.36. The fraction of sp³-hybridized carbons (Fsp3) is 0.500. The van der Waals surface area contributed by atoms with Gasteiger partial charge in [0.15, 0.2) is 0 Å². The minimum Gasteiger partial charge on any atom is -0.341 e. The lowest BCUT2D eigenvalue weighted by Crippen LogP contribution is -2.45. The minimum atomic E-state index is -0.563. The Kier molecular flexibility index (Phi) is 5.11. The van der Waals surface area contributed by atoms with E-state index < -0.39 is 5.41 Å². The number of carbonyl (C=O) groups excluding carboxylic acids is 1. The van der Waals surface area contributed by atoms with Crippen LogP contribution < -0.4 is 0 Å². The number of hydrogen-bond donors (Lipinski definition) is 0. The summed E-state index contributed by atoms with van der Waals surface area (Å²) in [5.74, 6) is -0.0706. The number of amides is 1. The maximum absolute atomic E-state index is 12.7. The van der Waals surface area contributed by atoms with Gasteiger partial charge in [-0.1, -0.05) is 30.3 Å². The summed E-state index contributed by atoms with van der Waals surface area (Å²) >= 11 is 0. The lowest BCUT2D eigenvalue weighted by Gasteiger charge is -2.32. The molecule has 3 nitrogen and oxygen atoms in total. The molecule has 0 spiro atoms. The van der Waals surface area contributed by atoms with Crippen molar-refractivity contribution in [3.05, 3.63) is 35.9 Å². The molecule has 19 heavy (non-hydrogen) atoms. The van der Waals surface area contributed by atoms with Crippen molar-refractivity contribution in [2.75, 3.05) is 13.1 Å². The molecule has 0 heterocycles. The smallest absolute Gasteiger partial charge is 0.232 e. The van der Waals surface area contributed by atoms with Gasteiger partial charge in [-0.3, -0.25) is 4.79 Å². The monoisotopic (exact) mass is 258 g/mol. The first-order valence-electron chi connectivity index (χ1n) is 6.68. The van der Waals surface area contributed by atoms with Crippen LogP contribution in [0.5, 0.6) is 0 Å². The summed E-state index contributed by atoms with van der Waals surface area (Å²) in [6.07, 6.45) is 0. The van der Waals surface area contributed by atoms with Gasteiger partial charge in [-0.15, -0.1) is 0 Å². The summed E-state index contributed by atoms with van der Waals surface area (Å²) in [7, 11) is 0. The van der Waals surface area contributed by atoms with E-state index in [0.717, 1.165) is 5.56 Å². The lowest BCUT2D eigenvalue weighted by molar-refractivity contribution is -0.136. The summed E-state index contributed by atoms with van der Waals surface area (Å²) in [4.78, 5) is 14.4. The van der Waals surface area contributed by atoms with Crippen LogP contribution in [0.2, 0.25) is 0 Å². The number of likely N-dealkylation sites (N-methyl/N-ethyl adjacent to an activating group) is 1. The van der Waals surface area contributed by atoms with Crippen molar-refractivity contribution in [2.24, 2.45) is 5.92 Å². The molecular formula is C16H22N2O. The van der Waals surface area contributed by atoms with Crippen LogP contribution in [-0.4, -0.2) is 23.9 Å². The number of benzene rings is 1. The molecule has 0 aliphatic rings. The van der Waals surface area contributed by atoms with Crippen molar-refractivity contribution in [3.63, 3.8) is 0 Å². The quantitative estimate of drug-likeness (QED) is 0.815. The maximum atomic E-state index is 12.7. The highest BCUT2D eigenvalue weighted by Crippen LogP contribution is 2.25. The Balaban J connectivity index is 2.94. The van der Waals surface area contributed by atoms with Crippen LogP contribution in [0, 0.1) is 17.2 Å². The van der Waals surface area contributed by atoms with Crippen molar-refractivity contribution < 1.29 is 4.79 Å². The predicted octanol–water partition coefficient (Wildman–Crippen LogP) is 2.97. The molecule has 0 saturated carbocycles. The fourth-order valence-electron chi connectivity index (χ4n) is 2.10. The minimum absolute atomic E-state index is 0.0725. The molecule has 1 unspecified atom stereocenters. The lowest BCUT2D eigenvalue weighted by atomic mass is 9.83. The fourth-order valence-corrected chi connectivity index (χ4v) is 2.10. The molecule has 1 aromatic rings. The molecule has 1 rings (SSSR count). The molecule has 0 bridgehead atoms. The van der Waals surface area contributed by atoms with E-state index in [1.54, 1.807) is 4.90 Å². The average Bonchev–Trinajstić information content (AvgIpc) is 2.44. The molecule has 0 aliphatic heterocycles. The summed E-state index contributed by atoms with van der Waals surface area (Å²) in [5, 5.41) is 8.89. The van der Waals surface area contributed by atoms with Crippen LogP contribution >= 0.6 is 0 Å². The molecule has 0 N–H and O–H groups in total. The molecule has 0 saturated heterocycles. The number of nitriles is 1. The van der Waals surface area contributed by atoms with E-state index in [1.165, 1.54) is 0 Å². The van der Waals surface area contributed by atoms with Crippen LogP contribution in [0.25, 0.3) is 0 Å². The zero-order valence-corrected chi connectivity index (χ0v) is 12.2.